The van der Waals surface area contributed by atoms with Crippen molar-refractivity contribution in [1.82, 2.24) is 0 Å². The summed E-state index contributed by atoms with van der Waals surface area (Å²) in [5, 5.41) is 0. The van der Waals surface area contributed by atoms with E-state index >= 15 is 0 Å². The van der Waals surface area contributed by atoms with Crippen molar-refractivity contribution in [2.24, 2.45) is 0 Å². The van der Waals surface area contributed by atoms with Crippen LogP contribution in [0.2, 0.25) is 9.79 Å². The molecule has 0 radical (unpaired) electrons. The van der Waals surface area contributed by atoms with Crippen molar-refractivity contribution in [2.45, 2.75) is 225 Å². The van der Waals surface area contributed by atoms with E-state index in [1.807, 2.05) is 0 Å². The number of unbranched alkanes of at least 4 members (excludes halogenated alkanes) is 17. The standard InChI is InChI=1S/C41H62N2.2C5H11.Pd/c1-5-9-13-15-17-20-24-34-29-31-36(32-30-34)40-38(27-19-11-7-3)39(28-21-18-16-14-10-6-2)41(43(40)42)37-26-22-25-35(33-37)23-12-8-4;2*1-3-5-4-2;/h22,25-26,29-33H,5-21,23-24,27-28H2,1-4H3;2*1,3-5H2,2H3;. The first-order valence-electron chi connectivity index (χ1n) is 23.1. The van der Waals surface area contributed by atoms with Crippen molar-refractivity contribution in [1.29, 1.82) is 0 Å². The summed E-state index contributed by atoms with van der Waals surface area (Å²) in [6.45, 7) is 13.7. The molecule has 308 valence electrons. The summed E-state index contributed by atoms with van der Waals surface area (Å²) in [4.78, 5) is 3.04. The molecule has 3 heteroatoms. The zero-order chi connectivity index (χ0) is 39.1. The molecule has 0 bridgehead atoms. The molecule has 1 aliphatic rings. The fraction of sp³-hybridized carbons (Fsp3) is 0.686. The molecule has 0 saturated carbocycles. The Bertz CT molecular complexity index is 1300. The van der Waals surface area contributed by atoms with Crippen LogP contribution >= 0.6 is 0 Å². The topological polar surface area (TPSA) is 25.3 Å². The molecule has 0 amide bonds. The average Bonchev–Trinajstić information content (AvgIpc) is 3.47. The van der Waals surface area contributed by atoms with Crippen LogP contribution in [0.4, 0.5) is 0 Å². The fourth-order valence-corrected chi connectivity index (χ4v) is 9.45. The molecule has 0 N–H and O–H groups in total. The Morgan fingerprint density at radius 3 is 1.39 bits per heavy atom. The van der Waals surface area contributed by atoms with E-state index < -0.39 is 0 Å². The van der Waals surface area contributed by atoms with Gasteiger partial charge in [-0.15, -0.1) is 0 Å². The molecule has 0 aliphatic carbocycles. The van der Waals surface area contributed by atoms with Crippen molar-refractivity contribution in [3.8, 4) is 0 Å². The van der Waals surface area contributed by atoms with E-state index in [0.29, 0.717) is 0 Å². The third-order valence-electron chi connectivity index (χ3n) is 10.9. The van der Waals surface area contributed by atoms with Crippen LogP contribution in [-0.4, -0.2) is 4.70 Å². The van der Waals surface area contributed by atoms with Gasteiger partial charge in [0.2, 0.25) is 11.4 Å². The zero-order valence-electron chi connectivity index (χ0n) is 36.3. The maximum atomic E-state index is 12.0. The predicted molar refractivity (Wildman–Crippen MR) is 237 cm³/mol. The SMILES string of the molecule is CCCCCCCCC1=C(c2cccc(CCCC)c2)[N+](=[N-])C(c2ccc(CCCCCCCC)cc2)=C1CCCCC.CCCC[CH2][Pd][CH2]CCCC. The molecule has 0 spiro atoms. The summed E-state index contributed by atoms with van der Waals surface area (Å²) in [5.41, 5.74) is 21.9. The summed E-state index contributed by atoms with van der Waals surface area (Å²) in [5.74, 6) is 0. The van der Waals surface area contributed by atoms with Gasteiger partial charge in [-0.05, 0) is 86.8 Å². The molecule has 2 aromatic rings. The monoisotopic (exact) mass is 831 g/mol. The Morgan fingerprint density at radius 2 is 0.833 bits per heavy atom. The van der Waals surface area contributed by atoms with Crippen LogP contribution in [0.5, 0.6) is 0 Å². The van der Waals surface area contributed by atoms with E-state index in [4.69, 9.17) is 0 Å². The van der Waals surface area contributed by atoms with E-state index in [9.17, 15) is 5.53 Å². The van der Waals surface area contributed by atoms with Crippen LogP contribution in [0.25, 0.3) is 16.9 Å². The first-order valence-corrected chi connectivity index (χ1v) is 25.3. The minimum absolute atomic E-state index is 1.03. The van der Waals surface area contributed by atoms with Gasteiger partial charge in [0.1, 0.15) is 0 Å². The van der Waals surface area contributed by atoms with Crippen molar-refractivity contribution >= 4 is 11.4 Å². The number of rotatable bonds is 31. The molecule has 3 rings (SSSR count). The molecule has 1 heterocycles. The van der Waals surface area contributed by atoms with Gasteiger partial charge in [-0.3, -0.25) is 0 Å². The van der Waals surface area contributed by atoms with Gasteiger partial charge in [0.25, 0.3) is 0 Å². The molecule has 0 saturated heterocycles. The Hall–Kier alpha value is -1.82. The van der Waals surface area contributed by atoms with E-state index in [1.165, 1.54) is 185 Å². The molecular formula is C51H84N2Pd. The first-order chi connectivity index (χ1) is 26.6. The molecular weight excluding hydrogens is 747 g/mol. The molecule has 54 heavy (non-hydrogen) atoms. The average molecular weight is 832 g/mol. The second-order valence-corrected chi connectivity index (χ2v) is 18.2. The summed E-state index contributed by atoms with van der Waals surface area (Å²) in [6, 6.07) is 18.2. The van der Waals surface area contributed by atoms with Crippen LogP contribution in [-0.2, 0) is 30.8 Å². The normalized spacial score (nSPS) is 13.0. The van der Waals surface area contributed by atoms with Gasteiger partial charge in [0, 0.05) is 22.3 Å². The van der Waals surface area contributed by atoms with Crippen LogP contribution in [0.15, 0.2) is 59.7 Å². The molecule has 2 nitrogen and oxygen atoms in total. The zero-order valence-corrected chi connectivity index (χ0v) is 37.9. The van der Waals surface area contributed by atoms with Crippen molar-refractivity contribution in [3.05, 3.63) is 87.5 Å². The summed E-state index contributed by atoms with van der Waals surface area (Å²) >= 11 is 1.08. The van der Waals surface area contributed by atoms with Crippen molar-refractivity contribution in [3.63, 3.8) is 0 Å². The fourth-order valence-electron chi connectivity index (χ4n) is 7.51. The van der Waals surface area contributed by atoms with Crippen molar-refractivity contribution < 1.29 is 22.7 Å². The van der Waals surface area contributed by atoms with Crippen LogP contribution in [0.3, 0.4) is 0 Å². The van der Waals surface area contributed by atoms with Crippen LogP contribution in [0, 0.1) is 0 Å². The maximum absolute atomic E-state index is 12.0. The Morgan fingerprint density at radius 1 is 0.407 bits per heavy atom. The Kier molecular flexibility index (Phi) is 28.9. The Labute approximate surface area is 344 Å². The van der Waals surface area contributed by atoms with E-state index in [-0.39, 0.29) is 0 Å². The number of benzene rings is 2. The molecule has 2 aromatic carbocycles. The number of nitrogens with zero attached hydrogens (tertiary/aromatic N) is 2. The molecule has 0 fully saturated rings. The van der Waals surface area contributed by atoms with Crippen molar-refractivity contribution in [2.75, 3.05) is 0 Å². The minimum atomic E-state index is 1.03. The predicted octanol–water partition coefficient (Wildman–Crippen LogP) is 17.7. The number of aryl methyl sites for hydroxylation is 2. The Balaban J connectivity index is 0.000000793. The number of hydrogen-bond acceptors (Lipinski definition) is 0. The number of hydrogen-bond donors (Lipinski definition) is 0. The van der Waals surface area contributed by atoms with Gasteiger partial charge in [-0.25, -0.2) is 4.70 Å². The van der Waals surface area contributed by atoms with Crippen LogP contribution < -0.4 is 0 Å². The van der Waals surface area contributed by atoms with Gasteiger partial charge in [0.05, 0.1) is 0 Å². The third-order valence-corrected chi connectivity index (χ3v) is 13.1. The van der Waals surface area contributed by atoms with Gasteiger partial charge in [-0.1, -0.05) is 135 Å². The van der Waals surface area contributed by atoms with E-state index in [1.54, 1.807) is 4.70 Å². The van der Waals surface area contributed by atoms with Gasteiger partial charge >= 0.3 is 80.1 Å². The van der Waals surface area contributed by atoms with E-state index in [2.05, 4.69) is 90.1 Å². The van der Waals surface area contributed by atoms with Crippen LogP contribution in [0.1, 0.15) is 224 Å². The molecule has 0 atom stereocenters. The second-order valence-electron chi connectivity index (χ2n) is 15.8. The van der Waals surface area contributed by atoms with Gasteiger partial charge in [0.15, 0.2) is 0 Å². The summed E-state index contributed by atoms with van der Waals surface area (Å²) in [7, 11) is 0. The van der Waals surface area contributed by atoms with Gasteiger partial charge in [-0.2, -0.15) is 0 Å². The van der Waals surface area contributed by atoms with Gasteiger partial charge < -0.3 is 5.53 Å². The number of allylic oxidation sites excluding steroid dienone is 2. The quantitative estimate of drug-likeness (QED) is 0.0411. The van der Waals surface area contributed by atoms with E-state index in [0.717, 1.165) is 60.6 Å². The first kappa shape index (κ1) is 48.3. The third kappa shape index (κ3) is 19.4. The summed E-state index contributed by atoms with van der Waals surface area (Å²) in [6.07, 6.45) is 34.7. The molecule has 0 unspecified atom stereocenters. The molecule has 1 aliphatic heterocycles. The second kappa shape index (κ2) is 32.3. The summed E-state index contributed by atoms with van der Waals surface area (Å²) < 4.78 is 1.58. The molecule has 0 aromatic heterocycles.